The average molecular weight is 505 g/mol. The number of hydrogen-bond donors (Lipinski definition) is 1. The van der Waals surface area contributed by atoms with Gasteiger partial charge in [0, 0.05) is 26.2 Å². The smallest absolute Gasteiger partial charge is 0.266 e. The Bertz CT molecular complexity index is 763. The van der Waals surface area contributed by atoms with Crippen molar-refractivity contribution in [3.63, 3.8) is 0 Å². The van der Waals surface area contributed by atoms with Crippen LogP contribution in [0, 0.1) is 6.20 Å². The van der Waals surface area contributed by atoms with E-state index in [1.807, 2.05) is 34.3 Å². The zero-order valence-electron chi connectivity index (χ0n) is 12.7. The number of fused-ring (bicyclic) bond motifs is 1. The predicted octanol–water partition coefficient (Wildman–Crippen LogP) is 3.41. The fourth-order valence-electron chi connectivity index (χ4n) is 1.74. The van der Waals surface area contributed by atoms with Crippen LogP contribution in [0.5, 0.6) is 0 Å². The van der Waals surface area contributed by atoms with Crippen LogP contribution < -0.4 is 3.96 Å². The summed E-state index contributed by atoms with van der Waals surface area (Å²) in [5.41, 5.74) is 0. The van der Waals surface area contributed by atoms with Gasteiger partial charge in [-0.05, 0) is 42.2 Å². The second-order valence-corrected chi connectivity index (χ2v) is 5.57. The van der Waals surface area contributed by atoms with Crippen molar-refractivity contribution in [3.8, 4) is 5.82 Å². The van der Waals surface area contributed by atoms with Crippen LogP contribution in [0.2, 0.25) is 0 Å². The fraction of sp³-hybridized carbons (Fsp3) is 0.118. The number of rotatable bonds is 2. The first kappa shape index (κ1) is 19.2. The first-order valence-electron chi connectivity index (χ1n) is 6.69. The van der Waals surface area contributed by atoms with Gasteiger partial charge in [0.1, 0.15) is 6.20 Å². The quantitative estimate of drug-likeness (QED) is 0.252. The number of hydrogen-bond acceptors (Lipinski definition) is 4. The Kier molecular flexibility index (Phi) is 7.75. The summed E-state index contributed by atoms with van der Waals surface area (Å²) < 4.78 is 3.19. The Balaban J connectivity index is 0.000000287. The third kappa shape index (κ3) is 6.02. The Morgan fingerprint density at radius 1 is 1.22 bits per heavy atom. The number of aliphatic hydroxyl groups excluding tert-OH is 1. The van der Waals surface area contributed by atoms with E-state index in [0.29, 0.717) is 0 Å². The summed E-state index contributed by atoms with van der Waals surface area (Å²) in [6.45, 7) is 2.85. The van der Waals surface area contributed by atoms with E-state index in [-0.39, 0.29) is 31.6 Å². The third-order valence-electron chi connectivity index (χ3n) is 2.57. The number of aliphatic hydroxyl groups is 1. The Labute approximate surface area is 152 Å². The van der Waals surface area contributed by atoms with Crippen LogP contribution in [0.25, 0.3) is 15.9 Å². The molecular weight excluding hydrogens is 488 g/mol. The summed E-state index contributed by atoms with van der Waals surface area (Å²) in [4.78, 5) is 14.3. The van der Waals surface area contributed by atoms with Gasteiger partial charge in [0.2, 0.25) is 0 Å². The van der Waals surface area contributed by atoms with E-state index in [0.717, 1.165) is 11.2 Å². The first-order valence-corrected chi connectivity index (χ1v) is 7.46. The van der Waals surface area contributed by atoms with E-state index in [4.69, 9.17) is 5.11 Å². The van der Waals surface area contributed by atoms with Crippen LogP contribution in [0.1, 0.15) is 13.8 Å². The van der Waals surface area contributed by atoms with Gasteiger partial charge in [-0.2, -0.15) is 0 Å². The number of nitrogens with zero attached hydrogens (tertiary/aromatic N) is 2. The zero-order valence-corrected chi connectivity index (χ0v) is 15.9. The van der Waals surface area contributed by atoms with Crippen LogP contribution in [-0.2, 0) is 24.9 Å². The molecular formula is C17H16IrN2O2S. The van der Waals surface area contributed by atoms with Gasteiger partial charge in [0.05, 0.1) is 12.0 Å². The molecule has 0 fully saturated rings. The van der Waals surface area contributed by atoms with Crippen LogP contribution in [-0.4, -0.2) is 15.9 Å². The van der Waals surface area contributed by atoms with Crippen molar-refractivity contribution in [1.29, 1.82) is 0 Å². The van der Waals surface area contributed by atoms with Gasteiger partial charge in [-0.25, -0.2) is 3.96 Å². The van der Waals surface area contributed by atoms with E-state index in [9.17, 15) is 4.79 Å². The molecule has 23 heavy (non-hydrogen) atoms. The molecule has 2 aromatic heterocycles. The van der Waals surface area contributed by atoms with Crippen LogP contribution in [0.3, 0.4) is 0 Å². The van der Waals surface area contributed by atoms with Crippen molar-refractivity contribution >= 4 is 27.4 Å². The number of aromatic nitrogens is 2. The van der Waals surface area contributed by atoms with Crippen molar-refractivity contribution in [1.82, 2.24) is 4.98 Å². The minimum Gasteiger partial charge on any atom is -0.512 e. The molecule has 0 bridgehead atoms. The molecule has 0 unspecified atom stereocenters. The molecule has 4 nitrogen and oxygen atoms in total. The first-order chi connectivity index (χ1) is 10.6. The molecule has 1 N–H and O–H groups in total. The van der Waals surface area contributed by atoms with Crippen molar-refractivity contribution in [2.45, 2.75) is 13.8 Å². The molecule has 3 rings (SSSR count). The molecule has 3 aromatic rings. The molecule has 1 radical (unpaired) electrons. The van der Waals surface area contributed by atoms with Gasteiger partial charge < -0.3 is 5.11 Å². The van der Waals surface area contributed by atoms with Crippen molar-refractivity contribution in [3.05, 3.63) is 66.7 Å². The summed E-state index contributed by atoms with van der Waals surface area (Å²) in [7, 11) is 0. The third-order valence-corrected chi connectivity index (χ3v) is 3.58. The number of carbonyl (C=O) groups excluding carboxylic acids is 1. The standard InChI is InChI=1S/C12H8N2S.C5H8O2.Ir/c1-2-6-11-10(5-1)9-14(15-11)12-7-3-4-8-13-12;1-4(6)3-5(2)7;/h1-8H;3,6H,1-2H3;/b;4-3-;. The molecule has 1 aromatic carbocycles. The topological polar surface area (TPSA) is 54.1 Å². The zero-order chi connectivity index (χ0) is 15.9. The van der Waals surface area contributed by atoms with Crippen molar-refractivity contribution in [2.24, 2.45) is 0 Å². The van der Waals surface area contributed by atoms with E-state index in [1.165, 1.54) is 24.6 Å². The maximum Gasteiger partial charge on any atom is 0.266 e. The van der Waals surface area contributed by atoms with Crippen LogP contribution >= 0.6 is 11.5 Å². The average Bonchev–Trinajstić information content (AvgIpc) is 2.91. The van der Waals surface area contributed by atoms with Gasteiger partial charge in [0.25, 0.3) is 5.82 Å². The Hall–Kier alpha value is -1.88. The van der Waals surface area contributed by atoms with Crippen LogP contribution in [0.15, 0.2) is 60.5 Å². The van der Waals surface area contributed by atoms with Gasteiger partial charge in [-0.3, -0.25) is 4.79 Å². The Morgan fingerprint density at radius 3 is 2.43 bits per heavy atom. The second-order valence-electron chi connectivity index (χ2n) is 4.58. The predicted molar refractivity (Wildman–Crippen MR) is 87.1 cm³/mol. The van der Waals surface area contributed by atoms with Gasteiger partial charge in [-0.15, -0.1) is 12.1 Å². The largest absolute Gasteiger partial charge is 0.512 e. The van der Waals surface area contributed by atoms with E-state index < -0.39 is 0 Å². The van der Waals surface area contributed by atoms with E-state index in [1.54, 1.807) is 17.7 Å². The molecule has 121 valence electrons. The molecule has 0 aliphatic heterocycles. The van der Waals surface area contributed by atoms with Gasteiger partial charge >= 0.3 is 0 Å². The minimum atomic E-state index is -0.125. The number of ketones is 1. The maximum atomic E-state index is 10.0. The molecule has 0 atom stereocenters. The molecule has 0 aliphatic rings. The summed E-state index contributed by atoms with van der Waals surface area (Å²) >= 11 is 1.65. The van der Waals surface area contributed by atoms with Crippen LogP contribution in [0.4, 0.5) is 0 Å². The number of pyridine rings is 1. The van der Waals surface area contributed by atoms with Gasteiger partial charge in [-0.1, -0.05) is 28.6 Å². The number of allylic oxidation sites excluding steroid dienone is 2. The van der Waals surface area contributed by atoms with E-state index in [2.05, 4.69) is 23.3 Å². The summed E-state index contributed by atoms with van der Waals surface area (Å²) in [6, 6.07) is 14.1. The van der Waals surface area contributed by atoms with Crippen molar-refractivity contribution in [2.75, 3.05) is 0 Å². The SMILES string of the molecule is CC(=O)/C=C(/C)O.[Ir].[c-]1c2ccccc2s[n+]1-c1ccccn1. The summed E-state index contributed by atoms with van der Waals surface area (Å²) in [5, 5.41) is 9.50. The monoisotopic (exact) mass is 505 g/mol. The van der Waals surface area contributed by atoms with Gasteiger partial charge in [0.15, 0.2) is 5.78 Å². The molecule has 0 spiro atoms. The number of benzene rings is 1. The van der Waals surface area contributed by atoms with Crippen molar-refractivity contribution < 1.29 is 34.0 Å². The second kappa shape index (κ2) is 9.30. The fourth-order valence-corrected chi connectivity index (χ4v) is 2.63. The molecule has 0 aliphatic carbocycles. The minimum absolute atomic E-state index is 0. The molecule has 0 saturated carbocycles. The van der Waals surface area contributed by atoms with E-state index >= 15 is 0 Å². The summed E-state index contributed by atoms with van der Waals surface area (Å²) in [6.07, 6.45) is 6.24. The normalized spacial score (nSPS) is 10.4. The maximum absolute atomic E-state index is 10.0. The molecule has 0 amide bonds. The molecule has 0 saturated heterocycles. The number of carbonyl (C=O) groups is 1. The Morgan fingerprint density at radius 2 is 1.91 bits per heavy atom. The summed E-state index contributed by atoms with van der Waals surface area (Å²) in [5.74, 6) is 0.853. The molecule has 6 heteroatoms. The molecule has 2 heterocycles.